The second-order valence-corrected chi connectivity index (χ2v) is 7.48. The van der Waals surface area contributed by atoms with Gasteiger partial charge in [-0.25, -0.2) is 0 Å². The standard InChI is InChI=1S/C16H8Cl2N2O3S2/c17-10-4-5-13(12(18)8-10)19-15(21)14(25-16(19)24)7-9-2-1-3-11(6-9)20(22)23/h1-8H/b14-7-. The van der Waals surface area contributed by atoms with Crippen molar-refractivity contribution in [3.8, 4) is 0 Å². The van der Waals surface area contributed by atoms with Crippen molar-refractivity contribution in [3.63, 3.8) is 0 Å². The second kappa shape index (κ2) is 7.13. The lowest BCUT2D eigenvalue weighted by Crippen LogP contribution is -2.27. The molecular weight excluding hydrogens is 403 g/mol. The van der Waals surface area contributed by atoms with E-state index in [4.69, 9.17) is 35.4 Å². The number of benzene rings is 2. The average Bonchev–Trinajstić information content (AvgIpc) is 2.82. The highest BCUT2D eigenvalue weighted by atomic mass is 35.5. The van der Waals surface area contributed by atoms with Crippen molar-refractivity contribution >= 4 is 74.9 Å². The minimum Gasteiger partial charge on any atom is -0.268 e. The maximum absolute atomic E-state index is 12.7. The summed E-state index contributed by atoms with van der Waals surface area (Å²) in [6.07, 6.45) is 1.57. The quantitative estimate of drug-likeness (QED) is 0.297. The Hall–Kier alpha value is -1.93. The summed E-state index contributed by atoms with van der Waals surface area (Å²) in [4.78, 5) is 24.8. The fourth-order valence-electron chi connectivity index (χ4n) is 2.22. The molecule has 1 aliphatic rings. The van der Waals surface area contributed by atoms with Crippen LogP contribution in [0.2, 0.25) is 10.0 Å². The molecule has 0 unspecified atom stereocenters. The van der Waals surface area contributed by atoms with Crippen molar-refractivity contribution in [2.24, 2.45) is 0 Å². The Labute approximate surface area is 162 Å². The van der Waals surface area contributed by atoms with Crippen molar-refractivity contribution in [1.82, 2.24) is 0 Å². The van der Waals surface area contributed by atoms with Gasteiger partial charge in [0.25, 0.3) is 11.6 Å². The largest absolute Gasteiger partial charge is 0.270 e. The predicted octanol–water partition coefficient (Wildman–Crippen LogP) is 5.31. The molecule has 25 heavy (non-hydrogen) atoms. The molecule has 126 valence electrons. The van der Waals surface area contributed by atoms with Gasteiger partial charge in [-0.2, -0.15) is 0 Å². The molecule has 0 radical (unpaired) electrons. The highest BCUT2D eigenvalue weighted by molar-refractivity contribution is 8.27. The lowest BCUT2D eigenvalue weighted by Gasteiger charge is -2.16. The molecule has 0 N–H and O–H groups in total. The van der Waals surface area contributed by atoms with E-state index in [0.29, 0.717) is 30.5 Å². The molecule has 0 aromatic heterocycles. The number of nitro groups is 1. The van der Waals surface area contributed by atoms with Crippen LogP contribution in [-0.4, -0.2) is 15.2 Å². The van der Waals surface area contributed by atoms with Crippen LogP contribution in [-0.2, 0) is 4.79 Å². The molecule has 1 aliphatic heterocycles. The molecule has 5 nitrogen and oxygen atoms in total. The fourth-order valence-corrected chi connectivity index (χ4v) is 4.00. The molecule has 0 saturated carbocycles. The van der Waals surface area contributed by atoms with Gasteiger partial charge in [0.05, 0.1) is 20.5 Å². The second-order valence-electron chi connectivity index (χ2n) is 4.96. The minimum absolute atomic E-state index is 0.0509. The summed E-state index contributed by atoms with van der Waals surface area (Å²) in [6, 6.07) is 10.8. The van der Waals surface area contributed by atoms with Crippen LogP contribution in [0, 0.1) is 10.1 Å². The number of thiocarbonyl (C=S) groups is 1. The zero-order valence-corrected chi connectivity index (χ0v) is 15.5. The third-order valence-electron chi connectivity index (χ3n) is 3.32. The molecular formula is C16H8Cl2N2O3S2. The molecule has 2 aromatic rings. The van der Waals surface area contributed by atoms with Crippen LogP contribution in [0.5, 0.6) is 0 Å². The van der Waals surface area contributed by atoms with E-state index in [9.17, 15) is 14.9 Å². The number of carbonyl (C=O) groups excluding carboxylic acids is 1. The van der Waals surface area contributed by atoms with E-state index in [1.54, 1.807) is 30.3 Å². The Morgan fingerprint density at radius 1 is 1.20 bits per heavy atom. The van der Waals surface area contributed by atoms with Gasteiger partial charge in [0.1, 0.15) is 0 Å². The molecule has 0 aliphatic carbocycles. The molecule has 2 aromatic carbocycles. The fraction of sp³-hybridized carbons (Fsp3) is 0. The molecule has 0 bridgehead atoms. The van der Waals surface area contributed by atoms with Gasteiger partial charge in [0.15, 0.2) is 4.32 Å². The van der Waals surface area contributed by atoms with Crippen LogP contribution in [0.3, 0.4) is 0 Å². The van der Waals surface area contributed by atoms with Crippen LogP contribution in [0.4, 0.5) is 11.4 Å². The van der Waals surface area contributed by atoms with E-state index in [2.05, 4.69) is 0 Å². The Kier molecular flexibility index (Phi) is 5.10. The molecule has 0 spiro atoms. The maximum atomic E-state index is 12.7. The lowest BCUT2D eigenvalue weighted by atomic mass is 10.2. The summed E-state index contributed by atoms with van der Waals surface area (Å²) in [6.45, 7) is 0. The summed E-state index contributed by atoms with van der Waals surface area (Å²) in [5, 5.41) is 11.6. The number of anilines is 1. The van der Waals surface area contributed by atoms with Crippen LogP contribution < -0.4 is 4.90 Å². The first-order chi connectivity index (χ1) is 11.9. The van der Waals surface area contributed by atoms with Gasteiger partial charge in [-0.1, -0.05) is 59.3 Å². The normalized spacial score (nSPS) is 15.9. The van der Waals surface area contributed by atoms with Crippen LogP contribution in [0.1, 0.15) is 5.56 Å². The van der Waals surface area contributed by atoms with Gasteiger partial charge in [-0.3, -0.25) is 19.8 Å². The van der Waals surface area contributed by atoms with Crippen molar-refractivity contribution < 1.29 is 9.72 Å². The van der Waals surface area contributed by atoms with E-state index >= 15 is 0 Å². The van der Waals surface area contributed by atoms with Crippen molar-refractivity contribution in [1.29, 1.82) is 0 Å². The van der Waals surface area contributed by atoms with Gasteiger partial charge in [-0.15, -0.1) is 0 Å². The molecule has 1 saturated heterocycles. The predicted molar refractivity (Wildman–Crippen MR) is 105 cm³/mol. The summed E-state index contributed by atoms with van der Waals surface area (Å²) < 4.78 is 0.325. The van der Waals surface area contributed by atoms with Gasteiger partial charge < -0.3 is 0 Å². The molecule has 0 atom stereocenters. The van der Waals surface area contributed by atoms with Gasteiger partial charge in [0, 0.05) is 17.2 Å². The SMILES string of the molecule is O=C1/C(=C/c2cccc([N+](=O)[O-])c2)SC(=S)N1c1ccc(Cl)cc1Cl. The summed E-state index contributed by atoms with van der Waals surface area (Å²) in [7, 11) is 0. The van der Waals surface area contributed by atoms with Crippen LogP contribution in [0.25, 0.3) is 6.08 Å². The van der Waals surface area contributed by atoms with E-state index in [1.165, 1.54) is 23.1 Å². The number of nitro benzene ring substituents is 1. The van der Waals surface area contributed by atoms with Crippen LogP contribution in [0.15, 0.2) is 47.4 Å². The first kappa shape index (κ1) is 17.9. The van der Waals surface area contributed by atoms with Crippen molar-refractivity contribution in [2.75, 3.05) is 4.90 Å². The number of hydrogen-bond acceptors (Lipinski definition) is 5. The van der Waals surface area contributed by atoms with E-state index in [-0.39, 0.29) is 11.6 Å². The highest BCUT2D eigenvalue weighted by Gasteiger charge is 2.34. The number of non-ortho nitro benzene ring substituents is 1. The molecule has 9 heteroatoms. The summed E-state index contributed by atoms with van der Waals surface area (Å²) in [5.41, 5.74) is 0.929. The zero-order chi connectivity index (χ0) is 18.1. The number of hydrogen-bond donors (Lipinski definition) is 0. The summed E-state index contributed by atoms with van der Waals surface area (Å²) in [5.74, 6) is -0.342. The van der Waals surface area contributed by atoms with Crippen molar-refractivity contribution in [3.05, 3.63) is 73.1 Å². The molecule has 1 amide bonds. The first-order valence-electron chi connectivity index (χ1n) is 6.84. The van der Waals surface area contributed by atoms with E-state index < -0.39 is 4.92 Å². The lowest BCUT2D eigenvalue weighted by molar-refractivity contribution is -0.384. The Morgan fingerprint density at radius 3 is 2.64 bits per heavy atom. The van der Waals surface area contributed by atoms with Gasteiger partial charge >= 0.3 is 0 Å². The highest BCUT2D eigenvalue weighted by Crippen LogP contribution is 2.39. The summed E-state index contributed by atoms with van der Waals surface area (Å²) >= 11 is 18.4. The number of amides is 1. The van der Waals surface area contributed by atoms with Crippen molar-refractivity contribution in [2.45, 2.75) is 0 Å². The Bertz CT molecular complexity index is 947. The smallest absolute Gasteiger partial charge is 0.268 e. The third-order valence-corrected chi connectivity index (χ3v) is 5.16. The molecule has 1 fully saturated rings. The topological polar surface area (TPSA) is 63.4 Å². The zero-order valence-electron chi connectivity index (χ0n) is 12.3. The number of thioether (sulfide) groups is 1. The first-order valence-corrected chi connectivity index (χ1v) is 8.82. The van der Waals surface area contributed by atoms with E-state index in [0.717, 1.165) is 11.8 Å². The van der Waals surface area contributed by atoms with Crippen LogP contribution >= 0.6 is 47.2 Å². The number of rotatable bonds is 3. The number of halogens is 2. The average molecular weight is 411 g/mol. The molecule has 3 rings (SSSR count). The minimum atomic E-state index is -0.490. The van der Waals surface area contributed by atoms with Gasteiger partial charge in [-0.05, 0) is 29.8 Å². The Balaban J connectivity index is 1.96. The maximum Gasteiger partial charge on any atom is 0.270 e. The van der Waals surface area contributed by atoms with Gasteiger partial charge in [0.2, 0.25) is 0 Å². The number of carbonyl (C=O) groups is 1. The molecule has 1 heterocycles. The number of nitrogens with zero attached hydrogens (tertiary/aromatic N) is 2. The third kappa shape index (κ3) is 3.69. The Morgan fingerprint density at radius 2 is 1.96 bits per heavy atom. The monoisotopic (exact) mass is 410 g/mol. The van der Waals surface area contributed by atoms with E-state index in [1.807, 2.05) is 0 Å².